The highest BCUT2D eigenvalue weighted by atomic mass is 16.7. The second kappa shape index (κ2) is 11.0. The van der Waals surface area contributed by atoms with Gasteiger partial charge in [0, 0.05) is 24.1 Å². The van der Waals surface area contributed by atoms with Crippen LogP contribution >= 0.6 is 0 Å². The highest BCUT2D eigenvalue weighted by Gasteiger charge is 2.51. The predicted molar refractivity (Wildman–Crippen MR) is 137 cm³/mol. The quantitative estimate of drug-likeness (QED) is 0.208. The van der Waals surface area contributed by atoms with E-state index in [9.17, 15) is 35.4 Å². The fourth-order valence-corrected chi connectivity index (χ4v) is 5.37. The van der Waals surface area contributed by atoms with Crippen molar-refractivity contribution >= 4 is 11.0 Å². The number of aryl methyl sites for hydroxylation is 1. The van der Waals surface area contributed by atoms with Crippen LogP contribution in [0.15, 0.2) is 21.3 Å². The van der Waals surface area contributed by atoms with Gasteiger partial charge in [-0.3, -0.25) is 4.79 Å². The maximum absolute atomic E-state index is 12.7. The molecule has 0 bridgehead atoms. The van der Waals surface area contributed by atoms with Crippen molar-refractivity contribution in [1.29, 1.82) is 0 Å². The Morgan fingerprint density at radius 1 is 1.10 bits per heavy atom. The van der Waals surface area contributed by atoms with Crippen molar-refractivity contribution in [2.45, 2.75) is 87.6 Å². The summed E-state index contributed by atoms with van der Waals surface area (Å²) in [5.74, 6) is 1.21. The molecule has 4 heterocycles. The number of aliphatic hydroxyl groups excluding tert-OH is 5. The molecule has 0 aliphatic carbocycles. The summed E-state index contributed by atoms with van der Waals surface area (Å²) in [5.41, 5.74) is -2.35. The van der Waals surface area contributed by atoms with E-state index in [1.807, 2.05) is 0 Å². The van der Waals surface area contributed by atoms with Gasteiger partial charge in [-0.1, -0.05) is 0 Å². The van der Waals surface area contributed by atoms with Crippen molar-refractivity contribution in [2.24, 2.45) is 0 Å². The highest BCUT2D eigenvalue weighted by molar-refractivity contribution is 5.87. The molecular formula is C27H36O14. The maximum atomic E-state index is 12.7. The maximum Gasteiger partial charge on any atom is 0.196 e. The third kappa shape index (κ3) is 5.33. The molecular weight excluding hydrogens is 548 g/mol. The van der Waals surface area contributed by atoms with Gasteiger partial charge in [-0.15, -0.1) is 0 Å². The van der Waals surface area contributed by atoms with Gasteiger partial charge in [0.05, 0.1) is 26.9 Å². The predicted octanol–water partition coefficient (Wildman–Crippen LogP) is -1.53. The van der Waals surface area contributed by atoms with Crippen LogP contribution in [0.25, 0.3) is 11.0 Å². The molecule has 0 saturated carbocycles. The van der Waals surface area contributed by atoms with E-state index in [1.165, 1.54) is 13.2 Å². The lowest BCUT2D eigenvalue weighted by atomic mass is 9.94. The van der Waals surface area contributed by atoms with Gasteiger partial charge >= 0.3 is 0 Å². The van der Waals surface area contributed by atoms with E-state index < -0.39 is 73.6 Å². The van der Waals surface area contributed by atoms with Crippen LogP contribution in [0.5, 0.6) is 11.5 Å². The van der Waals surface area contributed by atoms with Gasteiger partial charge in [-0.2, -0.15) is 0 Å². The molecule has 6 N–H and O–H groups in total. The van der Waals surface area contributed by atoms with Crippen molar-refractivity contribution in [3.63, 3.8) is 0 Å². The molecule has 2 aromatic rings. The highest BCUT2D eigenvalue weighted by Crippen LogP contribution is 2.44. The Labute approximate surface area is 234 Å². The van der Waals surface area contributed by atoms with Gasteiger partial charge in [-0.05, 0) is 20.8 Å². The zero-order valence-electron chi connectivity index (χ0n) is 23.1. The van der Waals surface area contributed by atoms with Crippen LogP contribution in [-0.2, 0) is 25.4 Å². The van der Waals surface area contributed by atoms with Gasteiger partial charge in [0.15, 0.2) is 18.0 Å². The van der Waals surface area contributed by atoms with E-state index in [4.69, 9.17) is 32.8 Å². The molecule has 0 amide bonds. The zero-order chi connectivity index (χ0) is 29.9. The molecule has 41 heavy (non-hydrogen) atoms. The first-order valence-electron chi connectivity index (χ1n) is 13.2. The summed E-state index contributed by atoms with van der Waals surface area (Å²) in [6.45, 7) is 3.51. The third-order valence-corrected chi connectivity index (χ3v) is 7.89. The number of ether oxygens (including phenoxy) is 6. The van der Waals surface area contributed by atoms with E-state index in [2.05, 4.69) is 0 Å². The fraction of sp³-hybridized carbons (Fsp3) is 0.667. The first-order chi connectivity index (χ1) is 19.3. The van der Waals surface area contributed by atoms with Crippen LogP contribution < -0.4 is 14.9 Å². The molecule has 0 spiro atoms. The van der Waals surface area contributed by atoms with Gasteiger partial charge in [0.25, 0.3) is 0 Å². The second-order valence-corrected chi connectivity index (χ2v) is 11.2. The summed E-state index contributed by atoms with van der Waals surface area (Å²) in [6, 6.07) is 3.00. The van der Waals surface area contributed by atoms with E-state index in [1.54, 1.807) is 26.8 Å². The van der Waals surface area contributed by atoms with Crippen molar-refractivity contribution in [2.75, 3.05) is 26.9 Å². The molecule has 1 aromatic carbocycles. The Kier molecular flexibility index (Phi) is 8.10. The van der Waals surface area contributed by atoms with Gasteiger partial charge < -0.3 is 63.5 Å². The molecule has 228 valence electrons. The Morgan fingerprint density at radius 2 is 1.83 bits per heavy atom. The lowest BCUT2D eigenvalue weighted by molar-refractivity contribution is -0.335. The van der Waals surface area contributed by atoms with Crippen LogP contribution in [0.1, 0.15) is 25.2 Å². The zero-order valence-corrected chi connectivity index (χ0v) is 23.1. The normalized spacial score (nSPS) is 35.5. The first kappa shape index (κ1) is 30.1. The molecule has 2 saturated heterocycles. The molecule has 5 rings (SSSR count). The van der Waals surface area contributed by atoms with Crippen molar-refractivity contribution < 1.29 is 63.5 Å². The first-order valence-corrected chi connectivity index (χ1v) is 13.2. The number of hydrogen-bond acceptors (Lipinski definition) is 14. The average Bonchev–Trinajstić information content (AvgIpc) is 3.48. The number of rotatable bonds is 8. The third-order valence-electron chi connectivity index (χ3n) is 7.89. The topological polar surface area (TPSA) is 207 Å². The lowest BCUT2D eigenvalue weighted by Crippen LogP contribution is -2.61. The summed E-state index contributed by atoms with van der Waals surface area (Å²) in [7, 11) is 1.45. The summed E-state index contributed by atoms with van der Waals surface area (Å²) in [4.78, 5) is 12.7. The Hall–Kier alpha value is -2.37. The molecule has 14 heteroatoms. The van der Waals surface area contributed by atoms with Crippen molar-refractivity contribution in [3.8, 4) is 11.5 Å². The van der Waals surface area contributed by atoms with E-state index >= 15 is 0 Å². The fourth-order valence-electron chi connectivity index (χ4n) is 5.37. The minimum Gasteiger partial charge on any atom is -0.495 e. The van der Waals surface area contributed by atoms with Crippen molar-refractivity contribution in [3.05, 3.63) is 33.7 Å². The number of benzene rings is 1. The minimum absolute atomic E-state index is 0.251. The number of methoxy groups -OCH3 is 1. The monoisotopic (exact) mass is 584 g/mol. The summed E-state index contributed by atoms with van der Waals surface area (Å²) >= 11 is 0. The second-order valence-electron chi connectivity index (χ2n) is 11.2. The molecule has 0 radical (unpaired) electrons. The van der Waals surface area contributed by atoms with Crippen LogP contribution in [-0.4, -0.2) is 118 Å². The Bertz CT molecular complexity index is 1330. The molecule has 3 aliphatic heterocycles. The largest absolute Gasteiger partial charge is 0.495 e. The Balaban J connectivity index is 1.30. The van der Waals surface area contributed by atoms with Crippen LogP contribution in [0, 0.1) is 6.92 Å². The van der Waals surface area contributed by atoms with Crippen LogP contribution in [0.3, 0.4) is 0 Å². The smallest absolute Gasteiger partial charge is 0.196 e. The molecule has 3 aliphatic rings. The number of aliphatic hydroxyl groups is 6. The molecule has 14 nitrogen and oxygen atoms in total. The van der Waals surface area contributed by atoms with E-state index in [-0.39, 0.29) is 18.5 Å². The van der Waals surface area contributed by atoms with Gasteiger partial charge in [0.2, 0.25) is 0 Å². The molecule has 1 aromatic heterocycles. The summed E-state index contributed by atoms with van der Waals surface area (Å²) in [5, 5.41) is 61.6. The van der Waals surface area contributed by atoms with Crippen LogP contribution in [0.2, 0.25) is 0 Å². The van der Waals surface area contributed by atoms with E-state index in [0.717, 1.165) is 0 Å². The average molecular weight is 585 g/mol. The minimum atomic E-state index is -1.91. The van der Waals surface area contributed by atoms with Gasteiger partial charge in [0.1, 0.15) is 76.1 Å². The van der Waals surface area contributed by atoms with Crippen molar-refractivity contribution in [1.82, 2.24) is 0 Å². The van der Waals surface area contributed by atoms with Crippen LogP contribution in [0.4, 0.5) is 0 Å². The Morgan fingerprint density at radius 3 is 2.49 bits per heavy atom. The van der Waals surface area contributed by atoms with E-state index in [0.29, 0.717) is 33.8 Å². The molecule has 1 unspecified atom stereocenters. The molecule has 9 atom stereocenters. The van der Waals surface area contributed by atoms with Gasteiger partial charge in [-0.25, -0.2) is 0 Å². The number of hydrogen-bond donors (Lipinski definition) is 6. The summed E-state index contributed by atoms with van der Waals surface area (Å²) < 4.78 is 40.0. The number of fused-ring (bicyclic) bond motifs is 2. The summed E-state index contributed by atoms with van der Waals surface area (Å²) in [6.07, 6.45) is -10.8. The SMILES string of the molecule is COc1c2c(cc3oc(C)cc(=O)c13)OC(C(C)(C)O[C@@H]1O[C@H](CO[C@@H]3OC[C@](O)(CO)[C@H]3O)[C@@H](O)[C@H](O)[C@H]1O)C2. The molecule has 2 fully saturated rings. The lowest BCUT2D eigenvalue weighted by Gasteiger charge is -2.44. The standard InChI is InChI=1S/C27H36O14/c1-11-5-13(29)18-15(38-11)7-14-12(22(18)35-4)6-17(39-14)26(2,3)41-24-21(32)20(31)19(30)16(40-24)8-36-25-23(33)27(34,9-28)10-37-25/h5,7,16-17,19-21,23-25,28,30-34H,6,8-10H2,1-4H3/t16-,17?,19-,20+,21-,23+,24+,25-,27-/m1/s1.